The SMILES string of the molecule is COc1cc(NC2CC(C(C)C)C2)ccc1F. The molecule has 0 amide bonds. The third-order valence-corrected chi connectivity index (χ3v) is 3.64. The van der Waals surface area contributed by atoms with Gasteiger partial charge in [0.15, 0.2) is 11.6 Å². The van der Waals surface area contributed by atoms with Crippen molar-refractivity contribution in [1.29, 1.82) is 0 Å². The van der Waals surface area contributed by atoms with Crippen molar-refractivity contribution in [3.63, 3.8) is 0 Å². The summed E-state index contributed by atoms with van der Waals surface area (Å²) in [5.74, 6) is 1.58. The van der Waals surface area contributed by atoms with Crippen LogP contribution in [0, 0.1) is 17.7 Å². The molecular weight excluding hydrogens is 217 g/mol. The number of nitrogens with one attached hydrogen (secondary N) is 1. The molecule has 1 aliphatic rings. The van der Waals surface area contributed by atoms with E-state index in [1.165, 1.54) is 26.0 Å². The van der Waals surface area contributed by atoms with Gasteiger partial charge in [0.1, 0.15) is 0 Å². The highest BCUT2D eigenvalue weighted by Gasteiger charge is 2.30. The van der Waals surface area contributed by atoms with Gasteiger partial charge in [-0.2, -0.15) is 0 Å². The lowest BCUT2D eigenvalue weighted by Crippen LogP contribution is -2.37. The number of halogens is 1. The van der Waals surface area contributed by atoms with Crippen molar-refractivity contribution in [1.82, 2.24) is 0 Å². The Morgan fingerprint density at radius 3 is 2.65 bits per heavy atom. The maximum atomic E-state index is 13.2. The Bertz CT molecular complexity index is 386. The maximum absolute atomic E-state index is 13.2. The second kappa shape index (κ2) is 4.94. The molecule has 3 heteroatoms. The fraction of sp³-hybridized carbons (Fsp3) is 0.571. The minimum absolute atomic E-state index is 0.301. The second-order valence-corrected chi connectivity index (χ2v) is 5.17. The van der Waals surface area contributed by atoms with Crippen molar-refractivity contribution >= 4 is 5.69 Å². The van der Waals surface area contributed by atoms with Gasteiger partial charge < -0.3 is 10.1 Å². The summed E-state index contributed by atoms with van der Waals surface area (Å²) in [5, 5.41) is 3.42. The molecule has 94 valence electrons. The van der Waals surface area contributed by atoms with E-state index < -0.39 is 0 Å². The number of hydrogen-bond acceptors (Lipinski definition) is 2. The molecule has 1 aromatic rings. The molecule has 0 aliphatic heterocycles. The molecule has 0 unspecified atom stereocenters. The largest absolute Gasteiger partial charge is 0.494 e. The lowest BCUT2D eigenvalue weighted by atomic mass is 9.73. The van der Waals surface area contributed by atoms with Crippen molar-refractivity contribution in [2.45, 2.75) is 32.7 Å². The van der Waals surface area contributed by atoms with Crippen LogP contribution in [0.25, 0.3) is 0 Å². The predicted octanol–water partition coefficient (Wildman–Crippen LogP) is 3.68. The first-order chi connectivity index (χ1) is 8.10. The normalized spacial score (nSPS) is 23.4. The van der Waals surface area contributed by atoms with Gasteiger partial charge in [-0.15, -0.1) is 0 Å². The molecule has 1 N–H and O–H groups in total. The molecular formula is C14H20FNO. The Morgan fingerprint density at radius 2 is 2.06 bits per heavy atom. The highest BCUT2D eigenvalue weighted by Crippen LogP contribution is 2.36. The third kappa shape index (κ3) is 2.71. The summed E-state index contributed by atoms with van der Waals surface area (Å²) in [6.45, 7) is 4.53. The molecule has 2 nitrogen and oxygen atoms in total. The zero-order valence-corrected chi connectivity index (χ0v) is 10.7. The Balaban J connectivity index is 1.92. The van der Waals surface area contributed by atoms with Crippen molar-refractivity contribution in [2.75, 3.05) is 12.4 Å². The van der Waals surface area contributed by atoms with Crippen LogP contribution in [-0.4, -0.2) is 13.2 Å². The van der Waals surface area contributed by atoms with Crippen LogP contribution in [0.5, 0.6) is 5.75 Å². The first-order valence-corrected chi connectivity index (χ1v) is 6.20. The first-order valence-electron chi connectivity index (χ1n) is 6.20. The minimum Gasteiger partial charge on any atom is -0.494 e. The number of hydrogen-bond donors (Lipinski definition) is 1. The van der Waals surface area contributed by atoms with E-state index >= 15 is 0 Å². The molecule has 1 aromatic carbocycles. The van der Waals surface area contributed by atoms with E-state index in [4.69, 9.17) is 4.74 Å². The number of methoxy groups -OCH3 is 1. The van der Waals surface area contributed by atoms with Gasteiger partial charge in [-0.25, -0.2) is 4.39 Å². The van der Waals surface area contributed by atoms with E-state index in [-0.39, 0.29) is 5.82 Å². The van der Waals surface area contributed by atoms with Gasteiger partial charge in [0.2, 0.25) is 0 Å². The van der Waals surface area contributed by atoms with E-state index in [1.54, 1.807) is 12.1 Å². The van der Waals surface area contributed by atoms with Crippen LogP contribution in [0.2, 0.25) is 0 Å². The van der Waals surface area contributed by atoms with Crippen LogP contribution in [-0.2, 0) is 0 Å². The molecule has 0 radical (unpaired) electrons. The number of anilines is 1. The number of ether oxygens (including phenoxy) is 1. The zero-order chi connectivity index (χ0) is 12.4. The molecule has 0 aromatic heterocycles. The summed E-state index contributed by atoms with van der Waals surface area (Å²) >= 11 is 0. The second-order valence-electron chi connectivity index (χ2n) is 5.17. The van der Waals surface area contributed by atoms with Gasteiger partial charge in [-0.1, -0.05) is 13.8 Å². The third-order valence-electron chi connectivity index (χ3n) is 3.64. The Hall–Kier alpha value is -1.25. The van der Waals surface area contributed by atoms with E-state index in [2.05, 4.69) is 19.2 Å². The van der Waals surface area contributed by atoms with Gasteiger partial charge in [-0.05, 0) is 36.8 Å². The fourth-order valence-corrected chi connectivity index (χ4v) is 2.31. The molecule has 1 aliphatic carbocycles. The Morgan fingerprint density at radius 1 is 1.35 bits per heavy atom. The summed E-state index contributed by atoms with van der Waals surface area (Å²) in [6, 6.07) is 5.45. The van der Waals surface area contributed by atoms with Gasteiger partial charge in [-0.3, -0.25) is 0 Å². The summed E-state index contributed by atoms with van der Waals surface area (Å²) in [7, 11) is 1.49. The van der Waals surface area contributed by atoms with E-state index in [0.29, 0.717) is 11.8 Å². The standard InChI is InChI=1S/C14H20FNO/c1-9(2)10-6-12(7-10)16-11-4-5-13(15)14(8-11)17-3/h4-5,8-10,12,16H,6-7H2,1-3H3. The maximum Gasteiger partial charge on any atom is 0.165 e. The van der Waals surface area contributed by atoms with E-state index in [1.807, 2.05) is 0 Å². The number of rotatable bonds is 4. The van der Waals surface area contributed by atoms with Crippen molar-refractivity contribution in [3.05, 3.63) is 24.0 Å². The summed E-state index contributed by atoms with van der Waals surface area (Å²) < 4.78 is 18.2. The van der Waals surface area contributed by atoms with E-state index in [0.717, 1.165) is 17.5 Å². The van der Waals surface area contributed by atoms with Crippen LogP contribution in [0.3, 0.4) is 0 Å². The van der Waals surface area contributed by atoms with E-state index in [9.17, 15) is 4.39 Å². The molecule has 0 atom stereocenters. The predicted molar refractivity (Wildman–Crippen MR) is 67.9 cm³/mol. The van der Waals surface area contributed by atoms with Crippen LogP contribution in [0.4, 0.5) is 10.1 Å². The summed E-state index contributed by atoms with van der Waals surface area (Å²) in [5.41, 5.74) is 0.940. The van der Waals surface area contributed by atoms with Crippen LogP contribution in [0.15, 0.2) is 18.2 Å². The molecule has 0 heterocycles. The smallest absolute Gasteiger partial charge is 0.165 e. The van der Waals surface area contributed by atoms with Crippen LogP contribution < -0.4 is 10.1 Å². The van der Waals surface area contributed by atoms with Crippen molar-refractivity contribution in [2.24, 2.45) is 11.8 Å². The highest BCUT2D eigenvalue weighted by molar-refractivity contribution is 5.49. The van der Waals surface area contributed by atoms with Gasteiger partial charge in [0.25, 0.3) is 0 Å². The summed E-state index contributed by atoms with van der Waals surface area (Å²) in [6.07, 6.45) is 2.41. The summed E-state index contributed by atoms with van der Waals surface area (Å²) in [4.78, 5) is 0. The minimum atomic E-state index is -0.313. The Labute approximate surface area is 102 Å². The fourth-order valence-electron chi connectivity index (χ4n) is 2.31. The average Bonchev–Trinajstić information content (AvgIpc) is 2.24. The first kappa shape index (κ1) is 12.2. The van der Waals surface area contributed by atoms with Crippen LogP contribution >= 0.6 is 0 Å². The van der Waals surface area contributed by atoms with Gasteiger partial charge in [0, 0.05) is 17.8 Å². The molecule has 1 saturated carbocycles. The molecule has 2 rings (SSSR count). The van der Waals surface area contributed by atoms with Gasteiger partial charge >= 0.3 is 0 Å². The molecule has 0 saturated heterocycles. The Kier molecular flexibility index (Phi) is 3.55. The average molecular weight is 237 g/mol. The van der Waals surface area contributed by atoms with Crippen molar-refractivity contribution in [3.8, 4) is 5.75 Å². The lowest BCUT2D eigenvalue weighted by molar-refractivity contribution is 0.212. The molecule has 1 fully saturated rings. The lowest BCUT2D eigenvalue weighted by Gasteiger charge is -2.39. The topological polar surface area (TPSA) is 21.3 Å². The van der Waals surface area contributed by atoms with Crippen LogP contribution in [0.1, 0.15) is 26.7 Å². The zero-order valence-electron chi connectivity index (χ0n) is 10.7. The van der Waals surface area contributed by atoms with Crippen molar-refractivity contribution < 1.29 is 9.13 Å². The highest BCUT2D eigenvalue weighted by atomic mass is 19.1. The monoisotopic (exact) mass is 237 g/mol. The molecule has 0 bridgehead atoms. The molecule has 0 spiro atoms. The van der Waals surface area contributed by atoms with Gasteiger partial charge in [0.05, 0.1) is 7.11 Å². The quantitative estimate of drug-likeness (QED) is 0.862. The number of benzene rings is 1. The molecule has 17 heavy (non-hydrogen) atoms.